The maximum absolute atomic E-state index is 11.6. The van der Waals surface area contributed by atoms with E-state index in [-0.39, 0.29) is 24.8 Å². The first-order chi connectivity index (χ1) is 10.0. The molecule has 0 aliphatic carbocycles. The highest BCUT2D eigenvalue weighted by Crippen LogP contribution is 1.96. The molecule has 0 aromatic heterocycles. The Hall–Kier alpha value is -2.11. The second kappa shape index (κ2) is 11.7. The third-order valence-electron chi connectivity index (χ3n) is 2.58. The number of nitrogens with one attached hydrogen (secondary N) is 2. The summed E-state index contributed by atoms with van der Waals surface area (Å²) >= 11 is 0. The van der Waals surface area contributed by atoms with E-state index >= 15 is 0 Å². The average Bonchev–Trinajstić information content (AvgIpc) is 2.46. The van der Waals surface area contributed by atoms with Crippen LogP contribution in [0.25, 0.3) is 0 Å². The number of hydrogen-bond acceptors (Lipinski definition) is 4. The topological polar surface area (TPSA) is 84.5 Å². The van der Waals surface area contributed by atoms with Gasteiger partial charge in [0.2, 0.25) is 11.8 Å². The number of amides is 2. The van der Waals surface area contributed by atoms with Crippen molar-refractivity contribution in [3.63, 3.8) is 0 Å². The van der Waals surface area contributed by atoms with E-state index in [1.807, 2.05) is 13.0 Å². The Morgan fingerprint density at radius 2 is 1.95 bits per heavy atom. The third kappa shape index (κ3) is 9.43. The molecule has 0 aliphatic rings. The van der Waals surface area contributed by atoms with Crippen molar-refractivity contribution in [2.45, 2.75) is 39.2 Å². The van der Waals surface area contributed by atoms with Gasteiger partial charge >= 0.3 is 5.97 Å². The van der Waals surface area contributed by atoms with E-state index in [2.05, 4.69) is 15.4 Å². The van der Waals surface area contributed by atoms with E-state index in [0.717, 1.165) is 6.42 Å². The Balaban J connectivity index is 4.24. The quantitative estimate of drug-likeness (QED) is 0.379. The van der Waals surface area contributed by atoms with Crippen LogP contribution in [0.5, 0.6) is 0 Å². The molecule has 0 radical (unpaired) electrons. The molecule has 0 spiro atoms. The molecule has 0 saturated carbocycles. The highest BCUT2D eigenvalue weighted by molar-refractivity contribution is 5.91. The highest BCUT2D eigenvalue weighted by Gasteiger charge is 2.20. The van der Waals surface area contributed by atoms with E-state index in [1.54, 1.807) is 19.1 Å². The molecule has 2 N–H and O–H groups in total. The summed E-state index contributed by atoms with van der Waals surface area (Å²) in [5, 5.41) is 5.22. The van der Waals surface area contributed by atoms with Crippen molar-refractivity contribution in [2.75, 3.05) is 13.7 Å². The summed E-state index contributed by atoms with van der Waals surface area (Å²) in [4.78, 5) is 34.5. The number of carbonyl (C=O) groups excluding carboxylic acids is 3. The van der Waals surface area contributed by atoms with Gasteiger partial charge in [-0.3, -0.25) is 9.59 Å². The predicted molar refractivity (Wildman–Crippen MR) is 80.4 cm³/mol. The molecular weight excluding hydrogens is 272 g/mol. The van der Waals surface area contributed by atoms with Crippen LogP contribution in [0.2, 0.25) is 0 Å². The van der Waals surface area contributed by atoms with Crippen molar-refractivity contribution in [3.05, 3.63) is 24.3 Å². The molecule has 0 rings (SSSR count). The molecule has 0 aromatic rings. The van der Waals surface area contributed by atoms with Gasteiger partial charge in [-0.2, -0.15) is 0 Å². The van der Waals surface area contributed by atoms with Crippen LogP contribution < -0.4 is 10.6 Å². The summed E-state index contributed by atoms with van der Waals surface area (Å²) in [5.41, 5.74) is 0. The lowest BCUT2D eigenvalue weighted by Gasteiger charge is -2.15. The van der Waals surface area contributed by atoms with Gasteiger partial charge in [-0.15, -0.1) is 0 Å². The number of carbonyl (C=O) groups is 3. The van der Waals surface area contributed by atoms with Gasteiger partial charge in [0.1, 0.15) is 6.04 Å². The molecular formula is C15H24N2O4. The van der Waals surface area contributed by atoms with Gasteiger partial charge in [-0.25, -0.2) is 4.79 Å². The molecule has 6 nitrogen and oxygen atoms in total. The number of ether oxygens (including phenoxy) is 1. The minimum Gasteiger partial charge on any atom is -0.467 e. The zero-order chi connectivity index (χ0) is 16.1. The largest absolute Gasteiger partial charge is 0.467 e. The van der Waals surface area contributed by atoms with Gasteiger partial charge in [-0.1, -0.05) is 25.2 Å². The molecule has 21 heavy (non-hydrogen) atoms. The van der Waals surface area contributed by atoms with Gasteiger partial charge in [0.05, 0.1) is 7.11 Å². The second-order valence-electron chi connectivity index (χ2n) is 4.31. The van der Waals surface area contributed by atoms with Gasteiger partial charge in [0.25, 0.3) is 0 Å². The number of methoxy groups -OCH3 is 1. The molecule has 0 heterocycles. The predicted octanol–water partition coefficient (Wildman–Crippen LogP) is 1.08. The number of hydrogen-bond donors (Lipinski definition) is 2. The van der Waals surface area contributed by atoms with E-state index < -0.39 is 12.0 Å². The van der Waals surface area contributed by atoms with Crippen LogP contribution in [0.3, 0.4) is 0 Å². The third-order valence-corrected chi connectivity index (χ3v) is 2.58. The van der Waals surface area contributed by atoms with Crippen LogP contribution in [0, 0.1) is 0 Å². The highest BCUT2D eigenvalue weighted by atomic mass is 16.5. The average molecular weight is 296 g/mol. The van der Waals surface area contributed by atoms with Crippen LogP contribution in [0.1, 0.15) is 33.1 Å². The maximum Gasteiger partial charge on any atom is 0.328 e. The fourth-order valence-corrected chi connectivity index (χ4v) is 1.55. The lowest BCUT2D eigenvalue weighted by molar-refractivity contribution is -0.144. The summed E-state index contributed by atoms with van der Waals surface area (Å²) in [5.74, 6) is -1.03. The second-order valence-corrected chi connectivity index (χ2v) is 4.31. The molecule has 0 aliphatic heterocycles. The number of esters is 1. The smallest absolute Gasteiger partial charge is 0.328 e. The van der Waals surface area contributed by atoms with Crippen LogP contribution in [0.15, 0.2) is 24.3 Å². The lowest BCUT2D eigenvalue weighted by Crippen LogP contribution is -2.43. The molecule has 6 heteroatoms. The fourth-order valence-electron chi connectivity index (χ4n) is 1.55. The summed E-state index contributed by atoms with van der Waals surface area (Å²) in [6.45, 7) is 3.98. The van der Waals surface area contributed by atoms with E-state index in [9.17, 15) is 14.4 Å². The van der Waals surface area contributed by atoms with Crippen molar-refractivity contribution >= 4 is 17.8 Å². The first-order valence-electron chi connectivity index (χ1n) is 6.97. The SMILES string of the molecule is C/C=C/C(=O)NC(CCNC(=O)C/C=C\CC)C(=O)OC. The van der Waals surface area contributed by atoms with Crippen molar-refractivity contribution in [1.29, 1.82) is 0 Å². The van der Waals surface area contributed by atoms with Crippen LogP contribution in [-0.2, 0) is 19.1 Å². The minimum atomic E-state index is -0.773. The lowest BCUT2D eigenvalue weighted by atomic mass is 10.2. The summed E-state index contributed by atoms with van der Waals surface area (Å²) < 4.78 is 4.63. The Morgan fingerprint density at radius 3 is 2.52 bits per heavy atom. The van der Waals surface area contributed by atoms with Gasteiger partial charge < -0.3 is 15.4 Å². The monoisotopic (exact) mass is 296 g/mol. The Bertz CT molecular complexity index is 402. The first kappa shape index (κ1) is 18.9. The van der Waals surface area contributed by atoms with Crippen LogP contribution in [-0.4, -0.2) is 37.5 Å². The van der Waals surface area contributed by atoms with Crippen molar-refractivity contribution in [3.8, 4) is 0 Å². The standard InChI is InChI=1S/C15H24N2O4/c1-4-6-7-9-13(18)16-11-10-12(15(20)21-3)17-14(19)8-5-2/h5-8,12H,4,9-11H2,1-3H3,(H,16,18)(H,17,19)/b7-6-,8-5+. The van der Waals surface area contributed by atoms with Crippen molar-refractivity contribution < 1.29 is 19.1 Å². The van der Waals surface area contributed by atoms with Gasteiger partial charge in [0, 0.05) is 13.0 Å². The summed E-state index contributed by atoms with van der Waals surface area (Å²) in [6, 6.07) is -0.773. The van der Waals surface area contributed by atoms with E-state index in [1.165, 1.54) is 13.2 Å². The zero-order valence-electron chi connectivity index (χ0n) is 12.8. The van der Waals surface area contributed by atoms with Gasteiger partial charge in [-0.05, 0) is 25.8 Å². The zero-order valence-corrected chi connectivity index (χ0v) is 12.8. The number of rotatable bonds is 9. The van der Waals surface area contributed by atoms with E-state index in [4.69, 9.17) is 0 Å². The van der Waals surface area contributed by atoms with Crippen LogP contribution in [0.4, 0.5) is 0 Å². The molecule has 0 saturated heterocycles. The Labute approximate surface area is 125 Å². The van der Waals surface area contributed by atoms with Crippen molar-refractivity contribution in [1.82, 2.24) is 10.6 Å². The van der Waals surface area contributed by atoms with Crippen molar-refractivity contribution in [2.24, 2.45) is 0 Å². The molecule has 0 bridgehead atoms. The Kier molecular flexibility index (Phi) is 10.5. The molecule has 1 unspecified atom stereocenters. The molecule has 0 aromatic carbocycles. The minimum absolute atomic E-state index is 0.122. The fraction of sp³-hybridized carbons (Fsp3) is 0.533. The Morgan fingerprint density at radius 1 is 1.24 bits per heavy atom. The van der Waals surface area contributed by atoms with Gasteiger partial charge in [0.15, 0.2) is 0 Å². The molecule has 2 amide bonds. The van der Waals surface area contributed by atoms with Crippen LogP contribution >= 0.6 is 0 Å². The normalized spacial score (nSPS) is 12.3. The molecule has 1 atom stereocenters. The first-order valence-corrected chi connectivity index (χ1v) is 6.97. The van der Waals surface area contributed by atoms with E-state index in [0.29, 0.717) is 6.42 Å². The number of allylic oxidation sites excluding steroid dienone is 2. The molecule has 118 valence electrons. The summed E-state index contributed by atoms with van der Waals surface area (Å²) in [7, 11) is 1.26. The summed E-state index contributed by atoms with van der Waals surface area (Å²) in [6.07, 6.45) is 8.07. The maximum atomic E-state index is 11.6. The molecule has 0 fully saturated rings.